The maximum atomic E-state index is 13.3. The maximum absolute atomic E-state index is 13.3. The molecule has 6 N–H and O–H groups in total. The number of guanidine groups is 1. The van der Waals surface area contributed by atoms with Gasteiger partial charge in [-0.25, -0.2) is 0 Å². The first-order valence-corrected chi connectivity index (χ1v) is 11.2. The molecule has 1 aliphatic heterocycles. The molecule has 0 saturated carbocycles. The molecule has 2 aromatic carbocycles. The van der Waals surface area contributed by atoms with Crippen LogP contribution in [0.2, 0.25) is 0 Å². The van der Waals surface area contributed by atoms with Gasteiger partial charge in [-0.3, -0.25) is 9.59 Å². The van der Waals surface area contributed by atoms with Crippen molar-refractivity contribution in [2.75, 3.05) is 18.0 Å². The van der Waals surface area contributed by atoms with Crippen molar-refractivity contribution in [2.24, 2.45) is 16.5 Å². The van der Waals surface area contributed by atoms with E-state index in [1.165, 1.54) is 18.2 Å². The number of nitrogens with one attached hydrogen (secondary N) is 1. The molecule has 0 aromatic heterocycles. The molecule has 8 nitrogen and oxygen atoms in total. The summed E-state index contributed by atoms with van der Waals surface area (Å²) < 4.78 is 39.8. The number of carbonyl (C=O) groups is 2. The average Bonchev–Trinajstić information content (AvgIpc) is 2.83. The summed E-state index contributed by atoms with van der Waals surface area (Å²) in [7, 11) is 0. The van der Waals surface area contributed by atoms with Crippen molar-refractivity contribution in [3.63, 3.8) is 0 Å². The Kier molecular flexibility index (Phi) is 8.34. The molecule has 0 radical (unpaired) electrons. The molecule has 1 amide bonds. The van der Waals surface area contributed by atoms with Crippen molar-refractivity contribution in [2.45, 2.75) is 44.4 Å². The lowest BCUT2D eigenvalue weighted by Crippen LogP contribution is -2.34. The van der Waals surface area contributed by atoms with Crippen LogP contribution in [-0.4, -0.2) is 42.1 Å². The summed E-state index contributed by atoms with van der Waals surface area (Å²) in [5, 5.41) is 11.6. The molecule has 2 aromatic rings. The third kappa shape index (κ3) is 7.19. The van der Waals surface area contributed by atoms with Crippen LogP contribution in [0, 0.1) is 0 Å². The Balaban J connectivity index is 1.70. The minimum atomic E-state index is -4.48. The summed E-state index contributed by atoms with van der Waals surface area (Å²) in [6.07, 6.45) is -1.36. The van der Waals surface area contributed by atoms with Crippen molar-refractivity contribution in [1.29, 1.82) is 0 Å². The topological polar surface area (TPSA) is 134 Å². The zero-order valence-corrected chi connectivity index (χ0v) is 19.0. The van der Waals surface area contributed by atoms with Crippen LogP contribution in [-0.2, 0) is 23.9 Å². The highest BCUT2D eigenvalue weighted by molar-refractivity contribution is 6.02. The number of benzene rings is 2. The average molecular weight is 492 g/mol. The van der Waals surface area contributed by atoms with Gasteiger partial charge in [-0.15, -0.1) is 0 Å². The number of anilines is 1. The molecule has 3 rings (SSSR count). The minimum absolute atomic E-state index is 0.0373. The van der Waals surface area contributed by atoms with Crippen LogP contribution in [0.5, 0.6) is 0 Å². The van der Waals surface area contributed by atoms with E-state index >= 15 is 0 Å². The lowest BCUT2D eigenvalue weighted by Gasteiger charge is -2.31. The zero-order valence-electron chi connectivity index (χ0n) is 19.0. The van der Waals surface area contributed by atoms with Crippen LogP contribution in [0.15, 0.2) is 47.5 Å². The summed E-state index contributed by atoms with van der Waals surface area (Å²) in [5.74, 6) is -2.00. The molecule has 188 valence electrons. The van der Waals surface area contributed by atoms with Crippen LogP contribution in [0.25, 0.3) is 0 Å². The van der Waals surface area contributed by atoms with E-state index in [0.29, 0.717) is 16.8 Å². The molecule has 1 atom stereocenters. The smallest absolute Gasteiger partial charge is 0.416 e. The van der Waals surface area contributed by atoms with Crippen molar-refractivity contribution in [1.82, 2.24) is 5.32 Å². The van der Waals surface area contributed by atoms with Gasteiger partial charge in [-0.2, -0.15) is 18.2 Å². The normalized spacial score (nSPS) is 15.5. The number of piperidine rings is 1. The first-order chi connectivity index (χ1) is 16.5. The molecule has 1 saturated heterocycles. The van der Waals surface area contributed by atoms with Crippen LogP contribution in [0.1, 0.15) is 46.3 Å². The van der Waals surface area contributed by atoms with E-state index in [0.717, 1.165) is 44.5 Å². The SMILES string of the molecule is N/C(=N\C(=O)c1ccc(C[C@H](N)C(=O)O)cc1)NCc1cc(C(F)(F)F)ccc1N1CCCCC1. The fraction of sp³-hybridized carbons (Fsp3) is 0.375. The Morgan fingerprint density at radius 3 is 2.34 bits per heavy atom. The van der Waals surface area contributed by atoms with Gasteiger partial charge in [-0.05, 0) is 67.1 Å². The van der Waals surface area contributed by atoms with E-state index in [2.05, 4.69) is 15.2 Å². The lowest BCUT2D eigenvalue weighted by atomic mass is 10.0. The molecule has 1 fully saturated rings. The van der Waals surface area contributed by atoms with Crippen molar-refractivity contribution >= 4 is 23.5 Å². The number of nitrogens with two attached hydrogens (primary N) is 2. The second-order valence-electron chi connectivity index (χ2n) is 8.39. The number of amides is 1. The number of rotatable bonds is 7. The molecule has 0 spiro atoms. The van der Waals surface area contributed by atoms with Crippen LogP contribution < -0.4 is 21.7 Å². The highest BCUT2D eigenvalue weighted by Gasteiger charge is 2.31. The van der Waals surface area contributed by atoms with Gasteiger partial charge in [0, 0.05) is 30.9 Å². The van der Waals surface area contributed by atoms with Gasteiger partial charge in [0.25, 0.3) is 5.91 Å². The third-order valence-electron chi connectivity index (χ3n) is 5.76. The van der Waals surface area contributed by atoms with Crippen molar-refractivity contribution < 1.29 is 27.9 Å². The Morgan fingerprint density at radius 2 is 1.74 bits per heavy atom. The summed E-state index contributed by atoms with van der Waals surface area (Å²) in [5.41, 5.74) is 12.5. The molecular formula is C24H28F3N5O3. The number of carboxylic acid groups (broad SMARTS) is 1. The number of halogens is 3. The van der Waals surface area contributed by atoms with Crippen LogP contribution in [0.3, 0.4) is 0 Å². The standard InChI is InChI=1S/C24H28F3N5O3/c25-24(26,27)18-8-9-20(32-10-2-1-3-11-32)17(13-18)14-30-23(29)31-21(33)16-6-4-15(5-7-16)12-19(28)22(34)35/h4-9,13,19H,1-3,10-12,14,28H2,(H,34,35)(H3,29,30,31,33)/t19-/m0/s1. The number of hydrogen-bond acceptors (Lipinski definition) is 4. The molecule has 35 heavy (non-hydrogen) atoms. The third-order valence-corrected chi connectivity index (χ3v) is 5.76. The first-order valence-electron chi connectivity index (χ1n) is 11.2. The van der Waals surface area contributed by atoms with Gasteiger partial charge in [0.05, 0.1) is 5.56 Å². The Morgan fingerprint density at radius 1 is 1.09 bits per heavy atom. The van der Waals surface area contributed by atoms with Gasteiger partial charge in [0.1, 0.15) is 6.04 Å². The number of alkyl halides is 3. The molecule has 1 heterocycles. The van der Waals surface area contributed by atoms with Crippen LogP contribution in [0.4, 0.5) is 18.9 Å². The van der Waals surface area contributed by atoms with E-state index < -0.39 is 29.7 Å². The molecular weight excluding hydrogens is 463 g/mol. The predicted octanol–water partition coefficient (Wildman–Crippen LogP) is 2.89. The fourth-order valence-corrected chi connectivity index (χ4v) is 3.87. The number of hydrogen-bond donors (Lipinski definition) is 4. The maximum Gasteiger partial charge on any atom is 0.416 e. The Hall–Kier alpha value is -3.60. The summed E-state index contributed by atoms with van der Waals surface area (Å²) >= 11 is 0. The zero-order chi connectivity index (χ0) is 25.6. The van der Waals surface area contributed by atoms with E-state index in [1.54, 1.807) is 12.1 Å². The molecule has 0 bridgehead atoms. The molecule has 11 heteroatoms. The second-order valence-corrected chi connectivity index (χ2v) is 8.39. The van der Waals surface area contributed by atoms with Gasteiger partial charge >= 0.3 is 12.1 Å². The molecule has 0 unspecified atom stereocenters. The highest BCUT2D eigenvalue weighted by Crippen LogP contribution is 2.33. The largest absolute Gasteiger partial charge is 0.480 e. The van der Waals surface area contributed by atoms with Gasteiger partial charge in [0.15, 0.2) is 5.96 Å². The predicted molar refractivity (Wildman–Crippen MR) is 126 cm³/mol. The number of carboxylic acids is 1. The number of aliphatic imine (C=N–C) groups is 1. The quantitative estimate of drug-likeness (QED) is 0.346. The Bertz CT molecular complexity index is 1080. The van der Waals surface area contributed by atoms with Crippen molar-refractivity contribution in [3.05, 3.63) is 64.7 Å². The van der Waals surface area contributed by atoms with E-state index in [4.69, 9.17) is 16.6 Å². The van der Waals surface area contributed by atoms with E-state index in [-0.39, 0.29) is 24.5 Å². The lowest BCUT2D eigenvalue weighted by molar-refractivity contribution is -0.139. The number of nitrogens with zero attached hydrogens (tertiary/aromatic N) is 2. The van der Waals surface area contributed by atoms with Crippen molar-refractivity contribution in [3.8, 4) is 0 Å². The monoisotopic (exact) mass is 491 g/mol. The number of aliphatic carboxylic acids is 1. The summed E-state index contributed by atoms with van der Waals surface area (Å²) in [6.45, 7) is 1.48. The van der Waals surface area contributed by atoms with Gasteiger partial charge in [0.2, 0.25) is 0 Å². The minimum Gasteiger partial charge on any atom is -0.480 e. The summed E-state index contributed by atoms with van der Waals surface area (Å²) in [4.78, 5) is 29.1. The molecule has 1 aliphatic rings. The van der Waals surface area contributed by atoms with Gasteiger partial charge < -0.3 is 26.8 Å². The highest BCUT2D eigenvalue weighted by atomic mass is 19.4. The van der Waals surface area contributed by atoms with Crippen LogP contribution >= 0.6 is 0 Å². The number of carbonyl (C=O) groups excluding carboxylic acids is 1. The first kappa shape index (κ1) is 26.0. The summed E-state index contributed by atoms with van der Waals surface area (Å²) in [6, 6.07) is 8.68. The molecule has 0 aliphatic carbocycles. The fourth-order valence-electron chi connectivity index (χ4n) is 3.87. The second kappa shape index (κ2) is 11.2. The van der Waals surface area contributed by atoms with E-state index in [1.807, 2.05) is 0 Å². The van der Waals surface area contributed by atoms with E-state index in [9.17, 15) is 22.8 Å². The Labute approximate surface area is 200 Å². The van der Waals surface area contributed by atoms with Gasteiger partial charge in [-0.1, -0.05) is 12.1 Å².